The number of anilines is 2. The van der Waals surface area contributed by atoms with E-state index in [4.69, 9.17) is 11.6 Å². The number of rotatable bonds is 3. The summed E-state index contributed by atoms with van der Waals surface area (Å²) in [5, 5.41) is 5.32. The van der Waals surface area contributed by atoms with Crippen LogP contribution in [0.1, 0.15) is 17.3 Å². The lowest BCUT2D eigenvalue weighted by Crippen LogP contribution is -2.29. The number of ketones is 1. The molecule has 2 aromatic carbocycles. The molecule has 0 aromatic heterocycles. The van der Waals surface area contributed by atoms with Crippen LogP contribution in [0.15, 0.2) is 48.5 Å². The summed E-state index contributed by atoms with van der Waals surface area (Å²) >= 11 is 5.80. The van der Waals surface area contributed by atoms with Gasteiger partial charge >= 0.3 is 11.8 Å². The number of carbonyl (C=O) groups is 3. The number of carbonyl (C=O) groups excluding carboxylic acids is 3. The van der Waals surface area contributed by atoms with Crippen molar-refractivity contribution in [1.29, 1.82) is 0 Å². The second-order valence-electron chi connectivity index (χ2n) is 4.56. The van der Waals surface area contributed by atoms with Gasteiger partial charge in [0.15, 0.2) is 5.78 Å². The van der Waals surface area contributed by atoms with Crippen molar-refractivity contribution in [2.24, 2.45) is 0 Å². The Morgan fingerprint density at radius 2 is 1.41 bits per heavy atom. The average molecular weight is 317 g/mol. The lowest BCUT2D eigenvalue weighted by atomic mass is 10.1. The molecule has 0 atom stereocenters. The Morgan fingerprint density at radius 3 is 1.95 bits per heavy atom. The molecule has 0 aliphatic rings. The SMILES string of the molecule is CC(=O)c1cccc(NC(=O)C(=O)Nc2cccc(Cl)c2)c1. The van der Waals surface area contributed by atoms with E-state index in [1.807, 2.05) is 0 Å². The van der Waals surface area contributed by atoms with E-state index in [-0.39, 0.29) is 5.78 Å². The Hall–Kier alpha value is -2.66. The molecule has 0 saturated carbocycles. The second kappa shape index (κ2) is 6.87. The predicted molar refractivity (Wildman–Crippen MR) is 85.2 cm³/mol. The summed E-state index contributed by atoms with van der Waals surface area (Å²) in [5.74, 6) is -1.78. The first-order valence-electron chi connectivity index (χ1n) is 6.44. The first-order valence-corrected chi connectivity index (χ1v) is 6.82. The summed E-state index contributed by atoms with van der Waals surface area (Å²) in [6.07, 6.45) is 0. The minimum absolute atomic E-state index is 0.125. The monoisotopic (exact) mass is 316 g/mol. The van der Waals surface area contributed by atoms with Crippen molar-refractivity contribution in [1.82, 2.24) is 0 Å². The third-order valence-corrected chi connectivity index (χ3v) is 3.05. The molecule has 0 unspecified atom stereocenters. The molecule has 2 N–H and O–H groups in total. The Kier molecular flexibility index (Phi) is 4.91. The lowest BCUT2D eigenvalue weighted by molar-refractivity contribution is -0.132. The number of benzene rings is 2. The highest BCUT2D eigenvalue weighted by molar-refractivity contribution is 6.43. The van der Waals surface area contributed by atoms with Crippen LogP contribution in [0, 0.1) is 0 Å². The molecule has 6 heteroatoms. The number of hydrogen-bond donors (Lipinski definition) is 2. The zero-order valence-corrected chi connectivity index (χ0v) is 12.5. The second-order valence-corrected chi connectivity index (χ2v) is 4.99. The van der Waals surface area contributed by atoms with Crippen LogP contribution in [0.5, 0.6) is 0 Å². The van der Waals surface area contributed by atoms with Gasteiger partial charge in [0.1, 0.15) is 0 Å². The van der Waals surface area contributed by atoms with Gasteiger partial charge in [-0.05, 0) is 37.3 Å². The molecule has 0 aliphatic carbocycles. The van der Waals surface area contributed by atoms with Crippen molar-refractivity contribution in [3.63, 3.8) is 0 Å². The van der Waals surface area contributed by atoms with Crippen molar-refractivity contribution in [2.75, 3.05) is 10.6 Å². The van der Waals surface area contributed by atoms with Crippen molar-refractivity contribution >= 4 is 40.6 Å². The number of Topliss-reactive ketones (excluding diaryl/α,β-unsaturated/α-hetero) is 1. The topological polar surface area (TPSA) is 75.3 Å². The molecule has 0 fully saturated rings. The Labute approximate surface area is 132 Å². The molecule has 5 nitrogen and oxygen atoms in total. The molecular weight excluding hydrogens is 304 g/mol. The van der Waals surface area contributed by atoms with E-state index in [2.05, 4.69) is 10.6 Å². The summed E-state index contributed by atoms with van der Waals surface area (Å²) in [6, 6.07) is 12.8. The molecule has 2 amide bonds. The highest BCUT2D eigenvalue weighted by Gasteiger charge is 2.14. The van der Waals surface area contributed by atoms with Crippen LogP contribution < -0.4 is 10.6 Å². The minimum atomic E-state index is -0.833. The molecule has 0 spiro atoms. The molecular formula is C16H13ClN2O3. The highest BCUT2D eigenvalue weighted by Crippen LogP contribution is 2.15. The Bertz CT molecular complexity index is 744. The third kappa shape index (κ3) is 4.17. The summed E-state index contributed by atoms with van der Waals surface area (Å²) in [6.45, 7) is 1.42. The largest absolute Gasteiger partial charge is 0.318 e. The zero-order chi connectivity index (χ0) is 16.1. The standard InChI is InChI=1S/C16H13ClN2O3/c1-10(20)11-4-2-6-13(8-11)18-15(21)16(22)19-14-7-3-5-12(17)9-14/h2-9H,1H3,(H,18,21)(H,19,22). The van der Waals surface area contributed by atoms with Crippen molar-refractivity contribution in [3.05, 3.63) is 59.1 Å². The van der Waals surface area contributed by atoms with Gasteiger partial charge < -0.3 is 10.6 Å². The fraction of sp³-hybridized carbons (Fsp3) is 0.0625. The van der Waals surface area contributed by atoms with Crippen LogP contribution in [0.2, 0.25) is 5.02 Å². The first kappa shape index (κ1) is 15.7. The molecule has 2 aromatic rings. The van der Waals surface area contributed by atoms with Crippen molar-refractivity contribution < 1.29 is 14.4 Å². The summed E-state index contributed by atoms with van der Waals surface area (Å²) in [4.78, 5) is 34.9. The normalized spacial score (nSPS) is 9.91. The van der Waals surface area contributed by atoms with Gasteiger partial charge in [0, 0.05) is 22.0 Å². The van der Waals surface area contributed by atoms with Gasteiger partial charge in [-0.3, -0.25) is 14.4 Å². The smallest absolute Gasteiger partial charge is 0.314 e. The van der Waals surface area contributed by atoms with E-state index in [1.165, 1.54) is 19.1 Å². The maximum atomic E-state index is 11.8. The van der Waals surface area contributed by atoms with Crippen LogP contribution in [0.4, 0.5) is 11.4 Å². The molecule has 2 rings (SSSR count). The van der Waals surface area contributed by atoms with Gasteiger partial charge in [-0.2, -0.15) is 0 Å². The Balaban J connectivity index is 2.04. The molecule has 22 heavy (non-hydrogen) atoms. The summed E-state index contributed by atoms with van der Waals surface area (Å²) in [7, 11) is 0. The minimum Gasteiger partial charge on any atom is -0.318 e. The quantitative estimate of drug-likeness (QED) is 0.675. The fourth-order valence-electron chi connectivity index (χ4n) is 1.76. The van der Waals surface area contributed by atoms with E-state index < -0.39 is 11.8 Å². The van der Waals surface area contributed by atoms with Gasteiger partial charge in [-0.25, -0.2) is 0 Å². The summed E-state index contributed by atoms with van der Waals surface area (Å²) in [5.41, 5.74) is 1.25. The van der Waals surface area contributed by atoms with E-state index in [0.29, 0.717) is 22.0 Å². The molecule has 0 saturated heterocycles. The van der Waals surface area contributed by atoms with Crippen LogP contribution in [-0.4, -0.2) is 17.6 Å². The number of hydrogen-bond acceptors (Lipinski definition) is 3. The van der Waals surface area contributed by atoms with E-state index in [0.717, 1.165) is 0 Å². The molecule has 0 radical (unpaired) electrons. The van der Waals surface area contributed by atoms with Crippen LogP contribution >= 0.6 is 11.6 Å². The van der Waals surface area contributed by atoms with Crippen LogP contribution in [0.25, 0.3) is 0 Å². The predicted octanol–water partition coefficient (Wildman–Crippen LogP) is 3.12. The Morgan fingerprint density at radius 1 is 0.864 bits per heavy atom. The number of nitrogens with one attached hydrogen (secondary N) is 2. The van der Waals surface area contributed by atoms with E-state index >= 15 is 0 Å². The lowest BCUT2D eigenvalue weighted by Gasteiger charge is -2.07. The van der Waals surface area contributed by atoms with E-state index in [9.17, 15) is 14.4 Å². The van der Waals surface area contributed by atoms with Gasteiger partial charge in [0.25, 0.3) is 0 Å². The zero-order valence-electron chi connectivity index (χ0n) is 11.7. The fourth-order valence-corrected chi connectivity index (χ4v) is 1.95. The highest BCUT2D eigenvalue weighted by atomic mass is 35.5. The van der Waals surface area contributed by atoms with Crippen LogP contribution in [0.3, 0.4) is 0 Å². The molecule has 112 valence electrons. The average Bonchev–Trinajstić information content (AvgIpc) is 2.47. The number of halogens is 1. The molecule has 0 bridgehead atoms. The maximum absolute atomic E-state index is 11.8. The van der Waals surface area contributed by atoms with E-state index in [1.54, 1.807) is 36.4 Å². The van der Waals surface area contributed by atoms with Gasteiger partial charge in [0.2, 0.25) is 0 Å². The van der Waals surface area contributed by atoms with Gasteiger partial charge in [0.05, 0.1) is 0 Å². The van der Waals surface area contributed by atoms with Crippen molar-refractivity contribution in [2.45, 2.75) is 6.92 Å². The van der Waals surface area contributed by atoms with Crippen molar-refractivity contribution in [3.8, 4) is 0 Å². The third-order valence-electron chi connectivity index (χ3n) is 2.82. The molecule has 0 aliphatic heterocycles. The first-order chi connectivity index (χ1) is 10.5. The van der Waals surface area contributed by atoms with Gasteiger partial charge in [-0.1, -0.05) is 29.8 Å². The number of amides is 2. The van der Waals surface area contributed by atoms with Crippen LogP contribution in [-0.2, 0) is 9.59 Å². The van der Waals surface area contributed by atoms with Gasteiger partial charge in [-0.15, -0.1) is 0 Å². The maximum Gasteiger partial charge on any atom is 0.314 e. The summed E-state index contributed by atoms with van der Waals surface area (Å²) < 4.78 is 0. The molecule has 0 heterocycles.